The van der Waals surface area contributed by atoms with Crippen LogP contribution >= 0.6 is 58.9 Å². The molecule has 0 aliphatic heterocycles. The van der Waals surface area contributed by atoms with Crippen molar-refractivity contribution in [1.82, 2.24) is 0 Å². The van der Waals surface area contributed by atoms with E-state index in [4.69, 9.17) is 45.7 Å². The monoisotopic (exact) mass is 770 g/mol. The van der Waals surface area contributed by atoms with E-state index in [1.165, 1.54) is 72.6 Å². The van der Waals surface area contributed by atoms with Crippen molar-refractivity contribution >= 4 is 80.1 Å². The largest absolute Gasteiger partial charge is 0 e. The molecule has 4 aromatic rings. The minimum Gasteiger partial charge on any atom is 0 e. The SMILES string of the molecule is ClCCl.Cl[PH](c1ccccc1)(c1ccccc1)C1CCCC1.Cl[PH](c1ccccc1)(c1ccccc1)C1CCCC1.[Pd]. The van der Waals surface area contributed by atoms with Crippen LogP contribution in [0.1, 0.15) is 51.4 Å². The molecule has 2 fully saturated rings. The molecule has 0 spiro atoms. The van der Waals surface area contributed by atoms with Gasteiger partial charge in [-0.25, -0.2) is 0 Å². The van der Waals surface area contributed by atoms with Crippen LogP contribution in [-0.2, 0) is 20.4 Å². The first kappa shape index (κ1) is 36.0. The third-order valence-electron chi connectivity index (χ3n) is 8.61. The molecule has 2 aliphatic carbocycles. The molecule has 0 atom stereocenters. The molecule has 7 heteroatoms. The van der Waals surface area contributed by atoms with Crippen molar-refractivity contribution in [2.24, 2.45) is 0 Å². The molecule has 2 aliphatic rings. The third-order valence-corrected chi connectivity index (χ3v) is 21.2. The van der Waals surface area contributed by atoms with Gasteiger partial charge in [-0.2, -0.15) is 0 Å². The van der Waals surface area contributed by atoms with Crippen LogP contribution in [-0.4, -0.2) is 16.7 Å². The van der Waals surface area contributed by atoms with Crippen LogP contribution in [0.4, 0.5) is 0 Å². The van der Waals surface area contributed by atoms with E-state index in [2.05, 4.69) is 121 Å². The van der Waals surface area contributed by atoms with Crippen LogP contribution in [0.3, 0.4) is 0 Å². The molecular formula is C35H42Cl4P2Pd. The Kier molecular flexibility index (Phi) is 15.9. The quantitative estimate of drug-likeness (QED) is 0.104. The van der Waals surface area contributed by atoms with Crippen molar-refractivity contribution in [2.75, 3.05) is 5.34 Å². The van der Waals surface area contributed by atoms with Crippen LogP contribution in [0.2, 0.25) is 0 Å². The summed E-state index contributed by atoms with van der Waals surface area (Å²) in [5, 5.41) is 5.68. The van der Waals surface area contributed by atoms with Gasteiger partial charge in [0.05, 0.1) is 5.34 Å². The van der Waals surface area contributed by atoms with Gasteiger partial charge in [-0.1, -0.05) is 0 Å². The normalized spacial score (nSPS) is 16.3. The number of hydrogen-bond donors (Lipinski definition) is 0. The average Bonchev–Trinajstić information content (AvgIpc) is 3.79. The Hall–Kier alpha value is -0.438. The molecule has 230 valence electrons. The number of hydrogen-bond acceptors (Lipinski definition) is 0. The minimum atomic E-state index is -2.10. The standard InChI is InChI=1S/2C17H20ClP.CH2Cl2.Pd/c2*18-19(17-13-7-8-14-17,15-9-3-1-4-10-15)16-11-5-2-6-12-16;2-1-3;/h2*1-6,9-12,17,19H,7-8,13-14H2;1H2;. The summed E-state index contributed by atoms with van der Waals surface area (Å²) >= 11 is 24.2. The van der Waals surface area contributed by atoms with Gasteiger partial charge in [-0.05, 0) is 0 Å². The van der Waals surface area contributed by atoms with Gasteiger partial charge in [0.25, 0.3) is 0 Å². The Labute approximate surface area is 287 Å². The summed E-state index contributed by atoms with van der Waals surface area (Å²) in [6.45, 7) is -4.19. The van der Waals surface area contributed by atoms with Crippen molar-refractivity contribution < 1.29 is 20.4 Å². The van der Waals surface area contributed by atoms with Crippen molar-refractivity contribution in [2.45, 2.75) is 62.7 Å². The zero-order valence-corrected chi connectivity index (χ0v) is 30.5. The van der Waals surface area contributed by atoms with Crippen molar-refractivity contribution in [3.63, 3.8) is 0 Å². The van der Waals surface area contributed by atoms with Gasteiger partial charge in [-0.3, -0.25) is 0 Å². The molecule has 4 aromatic carbocycles. The first-order chi connectivity index (χ1) is 20.0. The van der Waals surface area contributed by atoms with Gasteiger partial charge in [-0.15, -0.1) is 23.2 Å². The summed E-state index contributed by atoms with van der Waals surface area (Å²) in [5.74, 6) is 0. The predicted molar refractivity (Wildman–Crippen MR) is 194 cm³/mol. The van der Waals surface area contributed by atoms with Crippen molar-refractivity contribution in [3.05, 3.63) is 121 Å². The zero-order valence-electron chi connectivity index (χ0n) is 23.9. The maximum Gasteiger partial charge on any atom is 0 e. The van der Waals surface area contributed by atoms with Gasteiger partial charge in [0, 0.05) is 20.4 Å². The molecule has 42 heavy (non-hydrogen) atoms. The van der Waals surface area contributed by atoms with Crippen LogP contribution in [0.25, 0.3) is 0 Å². The van der Waals surface area contributed by atoms with E-state index in [1.807, 2.05) is 0 Å². The Morgan fingerprint density at radius 1 is 0.429 bits per heavy atom. The van der Waals surface area contributed by atoms with Crippen LogP contribution < -0.4 is 21.2 Å². The second-order valence-electron chi connectivity index (χ2n) is 11.0. The number of rotatable bonds is 6. The summed E-state index contributed by atoms with van der Waals surface area (Å²) in [4.78, 5) is 0. The van der Waals surface area contributed by atoms with E-state index in [0.717, 1.165) is 0 Å². The molecule has 0 aromatic heterocycles. The molecule has 0 amide bonds. The van der Waals surface area contributed by atoms with E-state index in [-0.39, 0.29) is 25.8 Å². The smallest absolute Gasteiger partial charge is 0 e. The second-order valence-corrected chi connectivity index (χ2v) is 22.1. The Bertz CT molecular complexity index is 1090. The third kappa shape index (κ3) is 8.84. The topological polar surface area (TPSA) is 0 Å². The molecule has 6 rings (SSSR count). The minimum absolute atomic E-state index is 0. The van der Waals surface area contributed by atoms with Gasteiger partial charge in [0.2, 0.25) is 0 Å². The maximum absolute atomic E-state index is 7.34. The molecule has 0 saturated heterocycles. The maximum atomic E-state index is 7.34. The molecule has 0 unspecified atom stereocenters. The molecule has 0 nitrogen and oxygen atoms in total. The summed E-state index contributed by atoms with van der Waals surface area (Å²) in [5.41, 5.74) is 1.36. The first-order valence-electron chi connectivity index (χ1n) is 14.8. The first-order valence-corrected chi connectivity index (χ1v) is 22.0. The fraction of sp³-hybridized carbons (Fsp3) is 0.314. The van der Waals surface area contributed by atoms with Gasteiger partial charge < -0.3 is 0 Å². The Balaban J connectivity index is 0.000000207. The van der Waals surface area contributed by atoms with Crippen LogP contribution in [0.5, 0.6) is 0 Å². The van der Waals surface area contributed by atoms with Crippen LogP contribution in [0, 0.1) is 0 Å². The van der Waals surface area contributed by atoms with Gasteiger partial charge in [0.15, 0.2) is 0 Å². The van der Waals surface area contributed by atoms with E-state index < -0.39 is 13.2 Å². The zero-order chi connectivity index (χ0) is 29.0. The van der Waals surface area contributed by atoms with Crippen molar-refractivity contribution in [3.8, 4) is 0 Å². The molecule has 0 N–H and O–H groups in total. The summed E-state index contributed by atoms with van der Waals surface area (Å²) < 4.78 is 0. The molecular weight excluding hydrogens is 731 g/mol. The van der Waals surface area contributed by atoms with Gasteiger partial charge >= 0.3 is 241 Å². The van der Waals surface area contributed by atoms with E-state index in [9.17, 15) is 0 Å². The fourth-order valence-corrected chi connectivity index (χ4v) is 17.1. The van der Waals surface area contributed by atoms with E-state index in [0.29, 0.717) is 11.3 Å². The van der Waals surface area contributed by atoms with Crippen molar-refractivity contribution in [1.29, 1.82) is 0 Å². The number of benzene rings is 4. The summed E-state index contributed by atoms with van der Waals surface area (Å²) in [6.07, 6.45) is 10.5. The number of alkyl halides is 2. The average molecular weight is 773 g/mol. The summed E-state index contributed by atoms with van der Waals surface area (Å²) in [6, 6.07) is 43.1. The fourth-order valence-electron chi connectivity index (χ4n) is 6.65. The predicted octanol–water partition coefficient (Wildman–Crippen LogP) is 10.4. The van der Waals surface area contributed by atoms with E-state index in [1.54, 1.807) is 0 Å². The Morgan fingerprint density at radius 3 is 0.810 bits per heavy atom. The molecule has 0 radical (unpaired) electrons. The van der Waals surface area contributed by atoms with Crippen LogP contribution in [0.15, 0.2) is 121 Å². The van der Waals surface area contributed by atoms with E-state index >= 15 is 0 Å². The number of halogens is 4. The molecule has 0 heterocycles. The molecule has 2 saturated carbocycles. The van der Waals surface area contributed by atoms with Gasteiger partial charge in [0.1, 0.15) is 0 Å². The Morgan fingerprint density at radius 2 is 0.619 bits per heavy atom. The second kappa shape index (κ2) is 18.5. The molecule has 0 bridgehead atoms. The summed E-state index contributed by atoms with van der Waals surface area (Å²) in [7, 11) is 0.